The molecule has 122 valence electrons. The Morgan fingerprint density at radius 1 is 1.04 bits per heavy atom. The zero-order chi connectivity index (χ0) is 16.1. The van der Waals surface area contributed by atoms with Crippen LogP contribution in [-0.2, 0) is 6.54 Å². The van der Waals surface area contributed by atoms with E-state index in [9.17, 15) is 4.39 Å². The van der Waals surface area contributed by atoms with Crippen molar-refractivity contribution in [2.24, 2.45) is 0 Å². The Kier molecular flexibility index (Phi) is 4.82. The van der Waals surface area contributed by atoms with Gasteiger partial charge in [-0.25, -0.2) is 9.87 Å². The monoisotopic (exact) mass is 318 g/mol. The highest BCUT2D eigenvalue weighted by atomic mass is 19.1. The topological polar surface area (TPSA) is 86.2 Å². The lowest BCUT2D eigenvalue weighted by Gasteiger charge is -2.26. The quantitative estimate of drug-likeness (QED) is 0.730. The van der Waals surface area contributed by atoms with E-state index in [1.165, 1.54) is 12.5 Å². The molecule has 2 aromatic rings. The summed E-state index contributed by atoms with van der Waals surface area (Å²) in [6.45, 7) is 2.00. The Balaban J connectivity index is 1.77. The Labute approximate surface area is 133 Å². The van der Waals surface area contributed by atoms with Crippen molar-refractivity contribution in [3.8, 4) is 0 Å². The predicted octanol–water partition coefficient (Wildman–Crippen LogP) is 2.41. The minimum atomic E-state index is -0.286. The third-order valence-electron chi connectivity index (χ3n) is 3.76. The van der Waals surface area contributed by atoms with Crippen LogP contribution in [0.4, 0.5) is 22.2 Å². The van der Waals surface area contributed by atoms with E-state index in [1.807, 2.05) is 5.48 Å². The lowest BCUT2D eigenvalue weighted by Crippen LogP contribution is -2.31. The number of piperidine rings is 1. The van der Waals surface area contributed by atoms with Crippen LogP contribution in [0.2, 0.25) is 0 Å². The maximum absolute atomic E-state index is 13.7. The summed E-state index contributed by atoms with van der Waals surface area (Å²) < 4.78 is 13.7. The Morgan fingerprint density at radius 2 is 1.78 bits per heavy atom. The lowest BCUT2D eigenvalue weighted by atomic mass is 10.1. The van der Waals surface area contributed by atoms with Crippen LogP contribution >= 0.6 is 0 Å². The summed E-state index contributed by atoms with van der Waals surface area (Å²) >= 11 is 0. The highest BCUT2D eigenvalue weighted by Crippen LogP contribution is 2.19. The van der Waals surface area contributed by atoms with Gasteiger partial charge in [0.1, 0.15) is 5.82 Å². The fourth-order valence-corrected chi connectivity index (χ4v) is 2.55. The SMILES string of the molecule is ONc1nc(NCc2ccccc2F)nc(N2CCCCC2)n1. The van der Waals surface area contributed by atoms with Gasteiger partial charge in [-0.15, -0.1) is 0 Å². The molecule has 3 rings (SSSR count). The molecule has 1 aromatic carbocycles. The molecule has 0 radical (unpaired) electrons. The molecule has 0 saturated carbocycles. The van der Waals surface area contributed by atoms with Gasteiger partial charge < -0.3 is 10.2 Å². The predicted molar refractivity (Wildman–Crippen MR) is 85.0 cm³/mol. The van der Waals surface area contributed by atoms with Crippen molar-refractivity contribution < 1.29 is 9.60 Å². The third kappa shape index (κ3) is 3.84. The summed E-state index contributed by atoms with van der Waals surface area (Å²) in [5.74, 6) is 0.579. The van der Waals surface area contributed by atoms with Gasteiger partial charge in [0.15, 0.2) is 0 Å². The van der Waals surface area contributed by atoms with Crippen molar-refractivity contribution in [2.75, 3.05) is 28.8 Å². The van der Waals surface area contributed by atoms with Crippen LogP contribution in [0.3, 0.4) is 0 Å². The maximum Gasteiger partial charge on any atom is 0.253 e. The summed E-state index contributed by atoms with van der Waals surface area (Å²) in [5, 5.41) is 12.1. The molecule has 0 unspecified atom stereocenters. The fourth-order valence-electron chi connectivity index (χ4n) is 2.55. The molecule has 23 heavy (non-hydrogen) atoms. The number of hydrogen-bond donors (Lipinski definition) is 3. The summed E-state index contributed by atoms with van der Waals surface area (Å²) in [6, 6.07) is 6.52. The third-order valence-corrected chi connectivity index (χ3v) is 3.76. The van der Waals surface area contributed by atoms with Gasteiger partial charge in [0, 0.05) is 25.2 Å². The van der Waals surface area contributed by atoms with E-state index in [1.54, 1.807) is 18.2 Å². The van der Waals surface area contributed by atoms with Gasteiger partial charge >= 0.3 is 0 Å². The molecule has 1 aliphatic rings. The van der Waals surface area contributed by atoms with Gasteiger partial charge in [0.05, 0.1) is 0 Å². The van der Waals surface area contributed by atoms with Gasteiger partial charge in [-0.2, -0.15) is 15.0 Å². The second-order valence-corrected chi connectivity index (χ2v) is 5.39. The summed E-state index contributed by atoms with van der Waals surface area (Å²) in [5.41, 5.74) is 2.47. The number of anilines is 3. The van der Waals surface area contributed by atoms with Crippen LogP contribution in [0.1, 0.15) is 24.8 Å². The second kappa shape index (κ2) is 7.19. The first-order chi connectivity index (χ1) is 11.3. The Hall–Kier alpha value is -2.48. The van der Waals surface area contributed by atoms with Crippen LogP contribution in [0.5, 0.6) is 0 Å². The molecule has 1 saturated heterocycles. The maximum atomic E-state index is 13.7. The minimum Gasteiger partial charge on any atom is -0.350 e. The first kappa shape index (κ1) is 15.4. The second-order valence-electron chi connectivity index (χ2n) is 5.39. The van der Waals surface area contributed by atoms with Gasteiger partial charge in [0.2, 0.25) is 11.9 Å². The first-order valence-corrected chi connectivity index (χ1v) is 7.64. The fraction of sp³-hybridized carbons (Fsp3) is 0.400. The van der Waals surface area contributed by atoms with Crippen LogP contribution in [0.15, 0.2) is 24.3 Å². The largest absolute Gasteiger partial charge is 0.350 e. The van der Waals surface area contributed by atoms with E-state index in [0.29, 0.717) is 17.5 Å². The van der Waals surface area contributed by atoms with Crippen molar-refractivity contribution in [3.05, 3.63) is 35.6 Å². The molecular formula is C15H19FN6O. The number of rotatable bonds is 5. The molecule has 0 amide bonds. The Bertz CT molecular complexity index is 662. The molecule has 0 bridgehead atoms. The molecular weight excluding hydrogens is 299 g/mol. The first-order valence-electron chi connectivity index (χ1n) is 7.64. The molecule has 8 heteroatoms. The van der Waals surface area contributed by atoms with Crippen molar-refractivity contribution in [3.63, 3.8) is 0 Å². The Morgan fingerprint density at radius 3 is 2.52 bits per heavy atom. The summed E-state index contributed by atoms with van der Waals surface area (Å²) in [4.78, 5) is 14.6. The highest BCUT2D eigenvalue weighted by molar-refractivity contribution is 5.43. The molecule has 7 nitrogen and oxygen atoms in total. The molecule has 0 spiro atoms. The van der Waals surface area contributed by atoms with E-state index >= 15 is 0 Å². The van der Waals surface area contributed by atoms with Crippen molar-refractivity contribution in [2.45, 2.75) is 25.8 Å². The van der Waals surface area contributed by atoms with Crippen molar-refractivity contribution >= 4 is 17.8 Å². The van der Waals surface area contributed by atoms with E-state index < -0.39 is 0 Å². The molecule has 3 N–H and O–H groups in total. The smallest absolute Gasteiger partial charge is 0.253 e. The average molecular weight is 318 g/mol. The van der Waals surface area contributed by atoms with Gasteiger partial charge in [0.25, 0.3) is 5.95 Å². The summed E-state index contributed by atoms with van der Waals surface area (Å²) in [7, 11) is 0. The zero-order valence-corrected chi connectivity index (χ0v) is 12.7. The molecule has 1 aromatic heterocycles. The minimum absolute atomic E-state index is 0.0663. The lowest BCUT2D eigenvalue weighted by molar-refractivity contribution is 0.382. The van der Waals surface area contributed by atoms with Gasteiger partial charge in [-0.3, -0.25) is 5.21 Å². The van der Waals surface area contributed by atoms with Crippen LogP contribution in [-0.4, -0.2) is 33.2 Å². The van der Waals surface area contributed by atoms with E-state index in [4.69, 9.17) is 5.21 Å². The number of hydrogen-bond acceptors (Lipinski definition) is 7. The highest BCUT2D eigenvalue weighted by Gasteiger charge is 2.16. The average Bonchev–Trinajstić information content (AvgIpc) is 2.61. The molecule has 0 aliphatic carbocycles. The van der Waals surface area contributed by atoms with Crippen LogP contribution in [0.25, 0.3) is 0 Å². The van der Waals surface area contributed by atoms with Gasteiger partial charge in [-0.05, 0) is 25.3 Å². The van der Waals surface area contributed by atoms with Gasteiger partial charge in [-0.1, -0.05) is 18.2 Å². The van der Waals surface area contributed by atoms with Crippen LogP contribution < -0.4 is 15.7 Å². The number of halogens is 1. The number of nitrogens with zero attached hydrogens (tertiary/aromatic N) is 4. The van der Waals surface area contributed by atoms with E-state index in [2.05, 4.69) is 25.2 Å². The standard InChI is InChI=1S/C15H19FN6O/c16-12-7-3-2-6-11(12)10-17-13-18-14(21-23)20-15(19-13)22-8-4-1-5-9-22/h2-3,6-7,23H,1,4-5,8-10H2,(H2,17,18,19,20,21). The van der Waals surface area contributed by atoms with E-state index in [-0.39, 0.29) is 18.3 Å². The molecule has 1 aliphatic heterocycles. The molecule has 2 heterocycles. The van der Waals surface area contributed by atoms with E-state index in [0.717, 1.165) is 25.9 Å². The number of nitrogens with one attached hydrogen (secondary N) is 2. The number of benzene rings is 1. The van der Waals surface area contributed by atoms with Crippen molar-refractivity contribution in [1.82, 2.24) is 15.0 Å². The molecule has 1 fully saturated rings. The zero-order valence-electron chi connectivity index (χ0n) is 12.7. The summed E-state index contributed by atoms with van der Waals surface area (Å²) in [6.07, 6.45) is 3.38. The van der Waals surface area contributed by atoms with Crippen molar-refractivity contribution in [1.29, 1.82) is 0 Å². The number of aromatic nitrogens is 3. The van der Waals surface area contributed by atoms with Crippen LogP contribution in [0, 0.1) is 5.82 Å². The molecule has 0 atom stereocenters. The normalized spacial score (nSPS) is 14.6.